The van der Waals surface area contributed by atoms with Gasteiger partial charge in [0.2, 0.25) is 0 Å². The van der Waals surface area contributed by atoms with Gasteiger partial charge in [0.25, 0.3) is 0 Å². The van der Waals surface area contributed by atoms with Crippen LogP contribution in [-0.4, -0.2) is 25.9 Å². The molecule has 0 fully saturated rings. The van der Waals surface area contributed by atoms with Crippen molar-refractivity contribution in [1.29, 1.82) is 0 Å². The van der Waals surface area contributed by atoms with E-state index < -0.39 is 11.9 Å². The average molecular weight is 334 g/mol. The molecule has 0 aliphatic heterocycles. The maximum Gasteiger partial charge on any atom is 0.178 e. The van der Waals surface area contributed by atoms with Gasteiger partial charge >= 0.3 is 0 Å². The molecule has 1 aromatic carbocycles. The van der Waals surface area contributed by atoms with Crippen molar-refractivity contribution in [2.24, 2.45) is 10.7 Å². The molecule has 0 amide bonds. The summed E-state index contributed by atoms with van der Waals surface area (Å²) in [4.78, 5) is 15.5. The van der Waals surface area contributed by atoms with E-state index in [4.69, 9.17) is 17.3 Å². The number of hydrogen-bond acceptors (Lipinski definition) is 4. The molecular weight excluding hydrogens is 321 g/mol. The number of imidazole rings is 1. The summed E-state index contributed by atoms with van der Waals surface area (Å²) in [6, 6.07) is 5.76. The van der Waals surface area contributed by atoms with Gasteiger partial charge in [-0.15, -0.1) is 0 Å². The largest absolute Gasteiger partial charge is 0.385 e. The topological polar surface area (TPSA) is 100 Å². The fourth-order valence-corrected chi connectivity index (χ4v) is 2.27. The number of benzene rings is 1. The van der Waals surface area contributed by atoms with E-state index in [1.54, 1.807) is 19.2 Å². The molecule has 3 aromatic rings. The highest BCUT2D eigenvalue weighted by molar-refractivity contribution is 6.31. The molecule has 2 aromatic heterocycles. The summed E-state index contributed by atoms with van der Waals surface area (Å²) in [5.74, 6) is 0.0593. The number of halogens is 2. The third kappa shape index (κ3) is 3.01. The number of aromatic nitrogens is 3. The fourth-order valence-electron chi connectivity index (χ4n) is 2.09. The molecule has 2 heterocycles. The van der Waals surface area contributed by atoms with Crippen molar-refractivity contribution in [3.05, 3.63) is 52.7 Å². The number of aromatic amines is 1. The van der Waals surface area contributed by atoms with Gasteiger partial charge in [-0.25, -0.2) is 19.4 Å². The number of amidine groups is 1. The zero-order chi connectivity index (χ0) is 16.6. The Morgan fingerprint density at radius 2 is 2.22 bits per heavy atom. The van der Waals surface area contributed by atoms with Crippen LogP contribution in [0.1, 0.15) is 24.4 Å². The first-order chi connectivity index (χ1) is 11.0. The van der Waals surface area contributed by atoms with Gasteiger partial charge in [-0.3, -0.25) is 0 Å². The summed E-state index contributed by atoms with van der Waals surface area (Å²) in [5.41, 5.74) is 8.04. The molecule has 0 aliphatic rings. The molecule has 0 aliphatic carbocycles. The summed E-state index contributed by atoms with van der Waals surface area (Å²) in [5, 5.41) is 9.58. The van der Waals surface area contributed by atoms with Crippen molar-refractivity contribution in [3.63, 3.8) is 0 Å². The Labute approximate surface area is 135 Å². The minimum absolute atomic E-state index is 0.0307. The molecule has 118 valence electrons. The molecule has 6 nitrogen and oxygen atoms in total. The molecule has 0 bridgehead atoms. The van der Waals surface area contributed by atoms with E-state index in [-0.39, 0.29) is 10.9 Å². The van der Waals surface area contributed by atoms with Crippen LogP contribution in [0, 0.1) is 5.82 Å². The Morgan fingerprint density at radius 3 is 2.91 bits per heavy atom. The van der Waals surface area contributed by atoms with E-state index in [2.05, 4.69) is 19.9 Å². The Bertz CT molecular complexity index is 906. The van der Waals surface area contributed by atoms with Gasteiger partial charge in [-0.1, -0.05) is 11.6 Å². The summed E-state index contributed by atoms with van der Waals surface area (Å²) >= 11 is 5.74. The minimum Gasteiger partial charge on any atom is -0.385 e. The summed E-state index contributed by atoms with van der Waals surface area (Å²) in [6.45, 7) is 1.59. The lowest BCUT2D eigenvalue weighted by Gasteiger charge is -2.03. The monoisotopic (exact) mass is 333 g/mol. The van der Waals surface area contributed by atoms with E-state index in [1.807, 2.05) is 0 Å². The number of nitrogens with two attached hydrogens (primary N) is 1. The fraction of sp³-hybridized carbons (Fsp3) is 0.133. The Balaban J connectivity index is 2.07. The number of H-pyrrole nitrogens is 1. The van der Waals surface area contributed by atoms with E-state index >= 15 is 0 Å². The van der Waals surface area contributed by atoms with Crippen LogP contribution in [0.15, 0.2) is 35.5 Å². The lowest BCUT2D eigenvalue weighted by molar-refractivity contribution is 0.190. The Kier molecular flexibility index (Phi) is 3.97. The van der Waals surface area contributed by atoms with E-state index in [9.17, 15) is 9.50 Å². The standard InChI is InChI=1S/C15H13ClFN5O/c1-7(23)14-21-12-9(4-5-19-15(12)22-14)13(18)20-8-2-3-11(17)10(16)6-8/h2-7,23H,1H3,(H2,18,20)(H,19,21,22). The second kappa shape index (κ2) is 5.94. The van der Waals surface area contributed by atoms with E-state index in [0.717, 1.165) is 0 Å². The highest BCUT2D eigenvalue weighted by atomic mass is 35.5. The normalized spacial score (nSPS) is 13.5. The van der Waals surface area contributed by atoms with Gasteiger partial charge in [0.05, 0.1) is 16.2 Å². The number of fused-ring (bicyclic) bond motifs is 1. The molecule has 4 N–H and O–H groups in total. The minimum atomic E-state index is -0.758. The Hall–Kier alpha value is -2.51. The SMILES string of the molecule is CC(O)c1nc2nccc(C(N)=Nc3ccc(F)c(Cl)c3)c2[nH]1. The van der Waals surface area contributed by atoms with Crippen LogP contribution in [0.2, 0.25) is 5.02 Å². The first kappa shape index (κ1) is 15.4. The first-order valence-electron chi connectivity index (χ1n) is 6.78. The molecule has 3 rings (SSSR count). The summed E-state index contributed by atoms with van der Waals surface area (Å²) in [7, 11) is 0. The third-order valence-electron chi connectivity index (χ3n) is 3.23. The Morgan fingerprint density at radius 1 is 1.43 bits per heavy atom. The smallest absolute Gasteiger partial charge is 0.178 e. The number of rotatable bonds is 3. The van der Waals surface area contributed by atoms with Crippen molar-refractivity contribution in [1.82, 2.24) is 15.0 Å². The van der Waals surface area contributed by atoms with Crippen LogP contribution in [0.25, 0.3) is 11.2 Å². The zero-order valence-electron chi connectivity index (χ0n) is 12.1. The lowest BCUT2D eigenvalue weighted by atomic mass is 10.2. The van der Waals surface area contributed by atoms with Gasteiger partial charge < -0.3 is 15.8 Å². The number of nitrogens with zero attached hydrogens (tertiary/aromatic N) is 3. The molecule has 1 atom stereocenters. The number of aliphatic imine (C=N–C) groups is 1. The highest BCUT2D eigenvalue weighted by Gasteiger charge is 2.13. The number of pyridine rings is 1. The van der Waals surface area contributed by atoms with Gasteiger partial charge in [0.1, 0.15) is 23.6 Å². The molecule has 0 saturated carbocycles. The van der Waals surface area contributed by atoms with Gasteiger partial charge in [-0.2, -0.15) is 0 Å². The molecular formula is C15H13ClFN5O. The van der Waals surface area contributed by atoms with Crippen molar-refractivity contribution in [3.8, 4) is 0 Å². The van der Waals surface area contributed by atoms with Crippen LogP contribution in [0.3, 0.4) is 0 Å². The van der Waals surface area contributed by atoms with E-state index in [0.29, 0.717) is 28.2 Å². The van der Waals surface area contributed by atoms with Crippen LogP contribution < -0.4 is 5.73 Å². The molecule has 0 radical (unpaired) electrons. The predicted octanol–water partition coefficient (Wildman–Crippen LogP) is 2.84. The molecule has 0 saturated heterocycles. The van der Waals surface area contributed by atoms with Crippen LogP contribution in [-0.2, 0) is 0 Å². The summed E-state index contributed by atoms with van der Waals surface area (Å²) < 4.78 is 13.2. The van der Waals surface area contributed by atoms with E-state index in [1.165, 1.54) is 18.2 Å². The number of nitrogens with one attached hydrogen (secondary N) is 1. The van der Waals surface area contributed by atoms with Crippen molar-refractivity contribution in [2.45, 2.75) is 13.0 Å². The number of aliphatic hydroxyl groups excluding tert-OH is 1. The van der Waals surface area contributed by atoms with Crippen LogP contribution in [0.4, 0.5) is 10.1 Å². The van der Waals surface area contributed by atoms with Crippen LogP contribution >= 0.6 is 11.6 Å². The van der Waals surface area contributed by atoms with Gasteiger partial charge in [-0.05, 0) is 31.2 Å². The van der Waals surface area contributed by atoms with Crippen LogP contribution in [0.5, 0.6) is 0 Å². The quantitative estimate of drug-likeness (QED) is 0.507. The van der Waals surface area contributed by atoms with Crippen molar-refractivity contribution in [2.75, 3.05) is 0 Å². The molecule has 1 unspecified atom stereocenters. The van der Waals surface area contributed by atoms with Crippen molar-refractivity contribution < 1.29 is 9.50 Å². The maximum atomic E-state index is 13.2. The summed E-state index contributed by atoms with van der Waals surface area (Å²) in [6.07, 6.45) is 0.788. The zero-order valence-corrected chi connectivity index (χ0v) is 12.8. The van der Waals surface area contributed by atoms with Crippen molar-refractivity contribution >= 4 is 34.3 Å². The average Bonchev–Trinajstić information content (AvgIpc) is 2.95. The molecule has 23 heavy (non-hydrogen) atoms. The number of hydrogen-bond donors (Lipinski definition) is 3. The number of aliphatic hydroxyl groups is 1. The highest BCUT2D eigenvalue weighted by Crippen LogP contribution is 2.23. The second-order valence-electron chi connectivity index (χ2n) is 4.95. The maximum absolute atomic E-state index is 13.2. The molecule has 8 heteroatoms. The van der Waals surface area contributed by atoms with Gasteiger partial charge in [0.15, 0.2) is 5.65 Å². The van der Waals surface area contributed by atoms with Gasteiger partial charge in [0, 0.05) is 11.8 Å². The second-order valence-corrected chi connectivity index (χ2v) is 5.36. The molecule has 0 spiro atoms. The first-order valence-corrected chi connectivity index (χ1v) is 7.16. The predicted molar refractivity (Wildman–Crippen MR) is 86.3 cm³/mol. The lowest BCUT2D eigenvalue weighted by Crippen LogP contribution is -2.13. The third-order valence-corrected chi connectivity index (χ3v) is 3.52.